The molecule has 1 aliphatic heterocycles. The van der Waals surface area contributed by atoms with Crippen molar-refractivity contribution in [1.29, 1.82) is 0 Å². The molecule has 1 fully saturated rings. The van der Waals surface area contributed by atoms with E-state index in [1.54, 1.807) is 7.11 Å². The fourth-order valence-corrected chi connectivity index (χ4v) is 3.48. The standard InChI is InChI=1S/C17H20N2O2S/c1-21-15-6-4-14(5-7-15)13-18-8-10-19(11-9-18)17(20)16-3-2-12-22-16/h2-7,12H,8-11,13H2,1H3/p+1. The van der Waals surface area contributed by atoms with Gasteiger partial charge in [-0.2, -0.15) is 0 Å². The number of nitrogens with zero attached hydrogens (tertiary/aromatic N) is 1. The second-order valence-corrected chi connectivity index (χ2v) is 6.49. The van der Waals surface area contributed by atoms with Crippen molar-refractivity contribution in [1.82, 2.24) is 4.90 Å². The molecule has 5 heteroatoms. The number of piperazine rings is 1. The van der Waals surface area contributed by atoms with Crippen LogP contribution in [-0.4, -0.2) is 44.1 Å². The first-order valence-electron chi connectivity index (χ1n) is 7.55. The van der Waals surface area contributed by atoms with Gasteiger partial charge in [-0.3, -0.25) is 4.79 Å². The summed E-state index contributed by atoms with van der Waals surface area (Å²) in [6, 6.07) is 12.1. The van der Waals surface area contributed by atoms with Gasteiger partial charge in [0.1, 0.15) is 12.3 Å². The van der Waals surface area contributed by atoms with E-state index in [2.05, 4.69) is 12.1 Å². The normalized spacial score (nSPS) is 15.8. The van der Waals surface area contributed by atoms with Crippen LogP contribution in [0.25, 0.3) is 0 Å². The maximum atomic E-state index is 12.3. The predicted molar refractivity (Wildman–Crippen MR) is 87.6 cm³/mol. The molecule has 1 amide bonds. The first-order valence-corrected chi connectivity index (χ1v) is 8.43. The second kappa shape index (κ2) is 6.94. The molecule has 3 rings (SSSR count). The van der Waals surface area contributed by atoms with Gasteiger partial charge in [0.05, 0.1) is 38.2 Å². The number of methoxy groups -OCH3 is 1. The lowest BCUT2D eigenvalue weighted by molar-refractivity contribution is -0.917. The van der Waals surface area contributed by atoms with E-state index in [0.29, 0.717) is 0 Å². The average Bonchev–Trinajstić information content (AvgIpc) is 3.10. The molecule has 0 bridgehead atoms. The van der Waals surface area contributed by atoms with E-state index in [4.69, 9.17) is 4.74 Å². The van der Waals surface area contributed by atoms with Crippen molar-refractivity contribution in [2.24, 2.45) is 0 Å². The summed E-state index contributed by atoms with van der Waals surface area (Å²) in [6.07, 6.45) is 0. The summed E-state index contributed by atoms with van der Waals surface area (Å²) in [5.74, 6) is 1.07. The maximum Gasteiger partial charge on any atom is 0.264 e. The lowest BCUT2D eigenvalue weighted by Crippen LogP contribution is -3.13. The van der Waals surface area contributed by atoms with Crippen LogP contribution in [0.15, 0.2) is 41.8 Å². The first-order chi connectivity index (χ1) is 10.8. The number of quaternary nitrogens is 1. The molecule has 1 aromatic heterocycles. The highest BCUT2D eigenvalue weighted by atomic mass is 32.1. The Morgan fingerprint density at radius 3 is 2.55 bits per heavy atom. The molecule has 0 radical (unpaired) electrons. The fraction of sp³-hybridized carbons (Fsp3) is 0.353. The van der Waals surface area contributed by atoms with Gasteiger partial charge in [-0.05, 0) is 35.7 Å². The van der Waals surface area contributed by atoms with Crippen molar-refractivity contribution in [2.45, 2.75) is 6.54 Å². The Bertz CT molecular complexity index is 602. The van der Waals surface area contributed by atoms with Crippen LogP contribution < -0.4 is 9.64 Å². The Morgan fingerprint density at radius 2 is 1.95 bits per heavy atom. The molecular formula is C17H21N2O2S+. The largest absolute Gasteiger partial charge is 0.497 e. The number of ether oxygens (including phenoxy) is 1. The summed E-state index contributed by atoms with van der Waals surface area (Å²) in [6.45, 7) is 4.68. The van der Waals surface area contributed by atoms with Gasteiger partial charge in [-0.1, -0.05) is 6.07 Å². The molecule has 1 N–H and O–H groups in total. The maximum absolute atomic E-state index is 12.3. The van der Waals surface area contributed by atoms with Crippen molar-refractivity contribution in [3.8, 4) is 5.75 Å². The Labute approximate surface area is 134 Å². The molecule has 0 spiro atoms. The number of hydrogen-bond donors (Lipinski definition) is 1. The molecule has 2 aromatic rings. The van der Waals surface area contributed by atoms with Crippen molar-refractivity contribution < 1.29 is 14.4 Å². The molecule has 2 heterocycles. The Balaban J connectivity index is 1.52. The molecule has 4 nitrogen and oxygen atoms in total. The van der Waals surface area contributed by atoms with Crippen molar-refractivity contribution in [3.63, 3.8) is 0 Å². The first kappa shape index (κ1) is 15.1. The van der Waals surface area contributed by atoms with Crippen LogP contribution >= 0.6 is 11.3 Å². The van der Waals surface area contributed by atoms with Crippen molar-refractivity contribution >= 4 is 17.2 Å². The lowest BCUT2D eigenvalue weighted by atomic mass is 10.2. The lowest BCUT2D eigenvalue weighted by Gasteiger charge is -2.32. The van der Waals surface area contributed by atoms with Crippen LogP contribution in [0.5, 0.6) is 5.75 Å². The number of hydrogen-bond acceptors (Lipinski definition) is 3. The third-order valence-corrected chi connectivity index (χ3v) is 4.96. The molecular weight excluding hydrogens is 296 g/mol. The number of rotatable bonds is 4. The third-order valence-electron chi connectivity index (χ3n) is 4.10. The minimum absolute atomic E-state index is 0.179. The zero-order valence-electron chi connectivity index (χ0n) is 12.7. The zero-order valence-corrected chi connectivity index (χ0v) is 13.6. The van der Waals surface area contributed by atoms with Crippen molar-refractivity contribution in [3.05, 3.63) is 52.2 Å². The molecule has 0 aliphatic carbocycles. The molecule has 1 saturated heterocycles. The van der Waals surface area contributed by atoms with E-state index in [9.17, 15) is 4.79 Å². The summed E-state index contributed by atoms with van der Waals surface area (Å²) in [5, 5.41) is 1.96. The Kier molecular flexibility index (Phi) is 4.75. The Morgan fingerprint density at radius 1 is 1.23 bits per heavy atom. The number of amides is 1. The summed E-state index contributed by atoms with van der Waals surface area (Å²) < 4.78 is 5.18. The van der Waals surface area contributed by atoms with Gasteiger partial charge in [-0.25, -0.2) is 0 Å². The number of carbonyl (C=O) groups excluding carboxylic acids is 1. The highest BCUT2D eigenvalue weighted by molar-refractivity contribution is 7.12. The molecule has 1 aromatic carbocycles. The fourth-order valence-electron chi connectivity index (χ4n) is 2.79. The van der Waals surface area contributed by atoms with E-state index in [1.807, 2.05) is 34.5 Å². The van der Waals surface area contributed by atoms with Crippen LogP contribution in [-0.2, 0) is 6.54 Å². The van der Waals surface area contributed by atoms with E-state index < -0.39 is 0 Å². The minimum Gasteiger partial charge on any atom is -0.497 e. The monoisotopic (exact) mass is 317 g/mol. The van der Waals surface area contributed by atoms with Gasteiger partial charge in [0, 0.05) is 5.56 Å². The van der Waals surface area contributed by atoms with Gasteiger partial charge in [0.2, 0.25) is 0 Å². The smallest absolute Gasteiger partial charge is 0.264 e. The van der Waals surface area contributed by atoms with Crippen LogP contribution in [0.3, 0.4) is 0 Å². The number of benzene rings is 1. The SMILES string of the molecule is COc1ccc(C[NH+]2CCN(C(=O)c3cccs3)CC2)cc1. The highest BCUT2D eigenvalue weighted by Gasteiger charge is 2.24. The van der Waals surface area contributed by atoms with Crippen molar-refractivity contribution in [2.75, 3.05) is 33.3 Å². The summed E-state index contributed by atoms with van der Waals surface area (Å²) in [7, 11) is 1.68. The van der Waals surface area contributed by atoms with Gasteiger partial charge in [0.15, 0.2) is 0 Å². The van der Waals surface area contributed by atoms with E-state index in [1.165, 1.54) is 21.8 Å². The van der Waals surface area contributed by atoms with Crippen LogP contribution in [0.4, 0.5) is 0 Å². The van der Waals surface area contributed by atoms with Crippen LogP contribution in [0, 0.1) is 0 Å². The zero-order chi connectivity index (χ0) is 15.4. The molecule has 0 saturated carbocycles. The summed E-state index contributed by atoms with van der Waals surface area (Å²) in [5.41, 5.74) is 1.31. The quantitative estimate of drug-likeness (QED) is 0.922. The van der Waals surface area contributed by atoms with Crippen LogP contribution in [0.1, 0.15) is 15.2 Å². The van der Waals surface area contributed by atoms with E-state index in [-0.39, 0.29) is 5.91 Å². The molecule has 116 valence electrons. The van der Waals surface area contributed by atoms with E-state index >= 15 is 0 Å². The summed E-state index contributed by atoms with van der Waals surface area (Å²) >= 11 is 1.52. The third kappa shape index (κ3) is 3.48. The van der Waals surface area contributed by atoms with Gasteiger partial charge in [0.25, 0.3) is 5.91 Å². The van der Waals surface area contributed by atoms with Gasteiger partial charge in [-0.15, -0.1) is 11.3 Å². The minimum atomic E-state index is 0.179. The highest BCUT2D eigenvalue weighted by Crippen LogP contribution is 2.12. The molecule has 0 atom stereocenters. The van der Waals surface area contributed by atoms with Gasteiger partial charge >= 0.3 is 0 Å². The Hall–Kier alpha value is -1.85. The number of nitrogens with one attached hydrogen (secondary N) is 1. The average molecular weight is 317 g/mol. The van der Waals surface area contributed by atoms with E-state index in [0.717, 1.165) is 43.4 Å². The molecule has 22 heavy (non-hydrogen) atoms. The number of thiophene rings is 1. The predicted octanol–water partition coefficient (Wildman–Crippen LogP) is 1.30. The molecule has 1 aliphatic rings. The second-order valence-electron chi connectivity index (χ2n) is 5.54. The summed E-state index contributed by atoms with van der Waals surface area (Å²) in [4.78, 5) is 16.7. The molecule has 0 unspecified atom stereocenters. The topological polar surface area (TPSA) is 34.0 Å². The number of carbonyl (C=O) groups is 1. The van der Waals surface area contributed by atoms with Crippen LogP contribution in [0.2, 0.25) is 0 Å². The van der Waals surface area contributed by atoms with Gasteiger partial charge < -0.3 is 14.5 Å².